The predicted octanol–water partition coefficient (Wildman–Crippen LogP) is 2.34. The van der Waals surface area contributed by atoms with Gasteiger partial charge >= 0.3 is 0 Å². The normalized spacial score (nSPS) is 17.1. The highest BCUT2D eigenvalue weighted by atomic mass is 16.2. The summed E-state index contributed by atoms with van der Waals surface area (Å²) >= 11 is 0. The molecule has 1 atom stereocenters. The number of hydrogen-bond donors (Lipinski definition) is 8. The van der Waals surface area contributed by atoms with Crippen LogP contribution in [0.5, 0.6) is 0 Å². The molecule has 4 heterocycles. The van der Waals surface area contributed by atoms with Gasteiger partial charge in [0.05, 0.1) is 16.7 Å². The van der Waals surface area contributed by atoms with Crippen LogP contribution in [0.3, 0.4) is 0 Å². The molecule has 9 N–H and O–H groups in total. The van der Waals surface area contributed by atoms with Crippen molar-refractivity contribution in [2.24, 2.45) is 5.73 Å². The highest BCUT2D eigenvalue weighted by molar-refractivity contribution is 6.25. The van der Waals surface area contributed by atoms with Crippen molar-refractivity contribution < 1.29 is 28.8 Å². The van der Waals surface area contributed by atoms with Gasteiger partial charge in [0.1, 0.15) is 11.9 Å². The van der Waals surface area contributed by atoms with Gasteiger partial charge < -0.3 is 36.9 Å². The number of hydrogen-bond acceptors (Lipinski definition) is 12. The number of unbranched alkanes of at least 4 members (excludes halogenated alkanes) is 3. The number of allylic oxidation sites excluding steroid dienone is 1. The van der Waals surface area contributed by atoms with E-state index in [4.69, 9.17) is 11.1 Å². The molecule has 0 bridgehead atoms. The predicted molar refractivity (Wildman–Crippen MR) is 262 cm³/mol. The second-order valence-corrected chi connectivity index (χ2v) is 17.9. The summed E-state index contributed by atoms with van der Waals surface area (Å²) in [5, 5.41) is 25.0. The number of benzene rings is 2. The summed E-state index contributed by atoms with van der Waals surface area (Å²) in [6, 6.07) is 9.65. The molecule has 3 aliphatic rings. The standard InChI is InChI=1S/C50H65N11O7/c1-30(2)56-40-27-34(26-36(37(40)28-51)46(64)55-29-38-32(4)25-33(5)57-47(38)65)31(3)14-16-42(52)60-23-21-59(22-24-60)20-19-54-43(62)13-8-6-7-9-18-53-39-12-10-11-35-45(39)50(68)61(49(35)67)41-15-17-44(63)58-48(41)66/h10-12,14,16,25-28,30,41,52-53,56H,6-9,13,15,17-24,29,51H2,1-5H3,(H,54,62)(H,55,64)(H,57,65)(H,58,63,66). The number of pyridine rings is 1. The third-order valence-corrected chi connectivity index (χ3v) is 12.5. The number of amides is 6. The Hall–Kier alpha value is -7.08. The number of nitrogens with zero attached hydrogens (tertiary/aromatic N) is 3. The highest BCUT2D eigenvalue weighted by Gasteiger charge is 2.45. The number of nitrogens with one attached hydrogen (secondary N) is 7. The lowest BCUT2D eigenvalue weighted by Gasteiger charge is -2.35. The van der Waals surface area contributed by atoms with Crippen LogP contribution in [0.15, 0.2) is 53.3 Å². The molecule has 362 valence electrons. The second kappa shape index (κ2) is 23.1. The Morgan fingerprint density at radius 1 is 0.912 bits per heavy atom. The van der Waals surface area contributed by atoms with Crippen molar-refractivity contribution >= 4 is 64.4 Å². The van der Waals surface area contributed by atoms with Gasteiger partial charge in [0.2, 0.25) is 17.7 Å². The first-order valence-electron chi connectivity index (χ1n) is 23.5. The average molecular weight is 932 g/mol. The minimum atomic E-state index is -1.01. The van der Waals surface area contributed by atoms with Crippen LogP contribution >= 0.6 is 0 Å². The van der Waals surface area contributed by atoms with Crippen molar-refractivity contribution in [1.29, 1.82) is 5.41 Å². The van der Waals surface area contributed by atoms with Crippen molar-refractivity contribution in [3.05, 3.63) is 103 Å². The summed E-state index contributed by atoms with van der Waals surface area (Å²) in [6.45, 7) is 14.3. The van der Waals surface area contributed by atoms with E-state index in [0.717, 1.165) is 65.7 Å². The van der Waals surface area contributed by atoms with E-state index in [0.29, 0.717) is 72.7 Å². The zero-order chi connectivity index (χ0) is 49.1. The molecule has 2 saturated heterocycles. The molecular formula is C50H65N11O7. The maximum Gasteiger partial charge on any atom is 0.264 e. The van der Waals surface area contributed by atoms with Crippen LogP contribution in [0.1, 0.15) is 114 Å². The molecule has 3 aromatic rings. The summed E-state index contributed by atoms with van der Waals surface area (Å²) in [6.07, 6.45) is 8.91. The Bertz CT molecular complexity index is 2670. The number of rotatable bonds is 19. The molecule has 0 radical (unpaired) electrons. The average Bonchev–Trinajstić information content (AvgIpc) is 3.55. The van der Waals surface area contributed by atoms with E-state index >= 15 is 0 Å². The number of aryl methyl sites for hydroxylation is 2. The minimum Gasteiger partial charge on any atom is -0.404 e. The molecular weight excluding hydrogens is 867 g/mol. The number of aromatic amines is 1. The van der Waals surface area contributed by atoms with Crippen LogP contribution in [0.2, 0.25) is 0 Å². The third-order valence-electron chi connectivity index (χ3n) is 12.5. The van der Waals surface area contributed by atoms with Crippen molar-refractivity contribution in [2.45, 2.75) is 98.2 Å². The quantitative estimate of drug-likeness (QED) is 0.0373. The smallest absolute Gasteiger partial charge is 0.264 e. The maximum atomic E-state index is 13.7. The maximum absolute atomic E-state index is 13.7. The van der Waals surface area contributed by atoms with Gasteiger partial charge in [0.25, 0.3) is 23.3 Å². The first-order valence-corrected chi connectivity index (χ1v) is 23.5. The number of nitrogens with two attached hydrogens (primary N) is 1. The molecule has 0 saturated carbocycles. The van der Waals surface area contributed by atoms with Crippen LogP contribution in [0.25, 0.3) is 11.8 Å². The Balaban J connectivity index is 0.900. The molecule has 2 fully saturated rings. The number of piperidine rings is 1. The van der Waals surface area contributed by atoms with Crippen LogP contribution < -0.4 is 48.3 Å². The van der Waals surface area contributed by atoms with Crippen LogP contribution in [0.4, 0.5) is 11.4 Å². The minimum absolute atomic E-state index is 0.00786. The van der Waals surface area contributed by atoms with Gasteiger partial charge in [-0.3, -0.25) is 54.1 Å². The van der Waals surface area contributed by atoms with Gasteiger partial charge in [-0.2, -0.15) is 0 Å². The number of H-pyrrole nitrogens is 1. The van der Waals surface area contributed by atoms with Crippen molar-refractivity contribution in [1.82, 2.24) is 35.6 Å². The van der Waals surface area contributed by atoms with E-state index in [9.17, 15) is 33.6 Å². The Labute approximate surface area is 396 Å². The molecule has 18 nitrogen and oxygen atoms in total. The molecule has 18 heteroatoms. The molecule has 2 aromatic carbocycles. The fourth-order valence-electron chi connectivity index (χ4n) is 8.75. The number of anilines is 2. The third kappa shape index (κ3) is 12.5. The molecule has 3 aliphatic heterocycles. The summed E-state index contributed by atoms with van der Waals surface area (Å²) in [4.78, 5) is 97.3. The van der Waals surface area contributed by atoms with Crippen LogP contribution in [-0.4, -0.2) is 119 Å². The van der Waals surface area contributed by atoms with E-state index in [1.165, 1.54) is 6.20 Å². The summed E-state index contributed by atoms with van der Waals surface area (Å²) < 4.78 is 0. The molecule has 1 aromatic heterocycles. The first kappa shape index (κ1) is 50.3. The number of aromatic nitrogens is 1. The van der Waals surface area contributed by atoms with Gasteiger partial charge in [-0.1, -0.05) is 25.0 Å². The fourth-order valence-corrected chi connectivity index (χ4v) is 8.75. The Morgan fingerprint density at radius 3 is 2.37 bits per heavy atom. The zero-order valence-electron chi connectivity index (χ0n) is 39.7. The lowest BCUT2D eigenvalue weighted by Crippen LogP contribution is -2.54. The van der Waals surface area contributed by atoms with E-state index in [1.807, 2.05) is 57.7 Å². The SMILES string of the molecule is CC(C=CC(=N)N1CCN(CCNC(=O)CCCCCCNc2cccc3c2C(=O)N(C2CCC(=O)NC2=O)C3=O)CC1)=c1cc(NC(C)C)c(=CN)c(C(=O)NCc2c(C)cc(C)[nH]c2=O)c1. The Morgan fingerprint density at radius 2 is 1.66 bits per heavy atom. The Kier molecular flexibility index (Phi) is 17.1. The van der Waals surface area contributed by atoms with Gasteiger partial charge in [-0.15, -0.1) is 0 Å². The lowest BCUT2D eigenvalue weighted by atomic mass is 10.0. The summed E-state index contributed by atoms with van der Waals surface area (Å²) in [5.74, 6) is -2.12. The largest absolute Gasteiger partial charge is 0.404 e. The second-order valence-electron chi connectivity index (χ2n) is 17.9. The van der Waals surface area contributed by atoms with Gasteiger partial charge in [-0.05, 0) is 107 Å². The molecule has 0 spiro atoms. The number of fused-ring (bicyclic) bond motifs is 1. The molecule has 6 rings (SSSR count). The van der Waals surface area contributed by atoms with Gasteiger partial charge in [0, 0.05) is 105 Å². The number of piperazine rings is 1. The molecule has 1 unspecified atom stereocenters. The van der Waals surface area contributed by atoms with Crippen LogP contribution in [0, 0.1) is 19.3 Å². The van der Waals surface area contributed by atoms with Crippen molar-refractivity contribution in [3.63, 3.8) is 0 Å². The van der Waals surface area contributed by atoms with E-state index in [2.05, 4.69) is 36.5 Å². The molecule has 6 amide bonds. The monoisotopic (exact) mass is 932 g/mol. The van der Waals surface area contributed by atoms with Crippen molar-refractivity contribution in [3.8, 4) is 0 Å². The topological polar surface area (TPSA) is 255 Å². The molecule has 68 heavy (non-hydrogen) atoms. The lowest BCUT2D eigenvalue weighted by molar-refractivity contribution is -0.136. The number of carbonyl (C=O) groups excluding carboxylic acids is 6. The molecule has 0 aliphatic carbocycles. The zero-order valence-corrected chi connectivity index (χ0v) is 39.7. The van der Waals surface area contributed by atoms with E-state index in [-0.39, 0.29) is 53.9 Å². The van der Waals surface area contributed by atoms with E-state index < -0.39 is 29.7 Å². The van der Waals surface area contributed by atoms with Gasteiger partial charge in [0.15, 0.2) is 0 Å². The van der Waals surface area contributed by atoms with Crippen LogP contribution in [-0.2, 0) is 20.9 Å². The summed E-state index contributed by atoms with van der Waals surface area (Å²) in [7, 11) is 0. The number of imide groups is 2. The number of amidine groups is 1. The fraction of sp³-hybridized carbons (Fsp3) is 0.440. The highest BCUT2D eigenvalue weighted by Crippen LogP contribution is 2.32. The van der Waals surface area contributed by atoms with E-state index in [1.54, 1.807) is 30.3 Å². The van der Waals surface area contributed by atoms with Crippen molar-refractivity contribution in [2.75, 3.05) is 56.4 Å². The van der Waals surface area contributed by atoms with Gasteiger partial charge in [-0.25, -0.2) is 0 Å². The summed E-state index contributed by atoms with van der Waals surface area (Å²) in [5.41, 5.74) is 10.8. The first-order chi connectivity index (χ1) is 32.6. The number of carbonyl (C=O) groups is 6.